The molecule has 2 heterocycles. The SMILES string of the molecule is Cc1ccccc1NS(=O)(=O)c1ccc(C(=O)N2CCC(CCN3CCOCC3)CC2)cc1. The number of nitrogens with zero attached hydrogens (tertiary/aromatic N) is 2. The summed E-state index contributed by atoms with van der Waals surface area (Å²) in [5, 5.41) is 0. The number of carbonyl (C=O) groups excluding carboxylic acids is 1. The summed E-state index contributed by atoms with van der Waals surface area (Å²) >= 11 is 0. The van der Waals surface area contributed by atoms with E-state index in [1.807, 2.05) is 24.0 Å². The third kappa shape index (κ3) is 6.13. The van der Waals surface area contributed by atoms with E-state index < -0.39 is 10.0 Å². The van der Waals surface area contributed by atoms with Gasteiger partial charge in [-0.2, -0.15) is 0 Å². The highest BCUT2D eigenvalue weighted by atomic mass is 32.2. The maximum atomic E-state index is 12.9. The maximum Gasteiger partial charge on any atom is 0.261 e. The highest BCUT2D eigenvalue weighted by Crippen LogP contribution is 2.24. The van der Waals surface area contributed by atoms with Gasteiger partial charge < -0.3 is 9.64 Å². The first kappa shape index (κ1) is 23.7. The molecule has 2 aliphatic heterocycles. The number of anilines is 1. The summed E-state index contributed by atoms with van der Waals surface area (Å²) in [6.45, 7) is 8.15. The number of nitrogens with one attached hydrogen (secondary N) is 1. The predicted molar refractivity (Wildman–Crippen MR) is 129 cm³/mol. The molecule has 0 spiro atoms. The van der Waals surface area contributed by atoms with Gasteiger partial charge in [0.25, 0.3) is 15.9 Å². The van der Waals surface area contributed by atoms with Crippen molar-refractivity contribution in [3.63, 3.8) is 0 Å². The standard InChI is InChI=1S/C25H33N3O4S/c1-20-4-2-3-5-24(20)26-33(30,31)23-8-6-22(7-9-23)25(29)28-14-11-21(12-15-28)10-13-27-16-18-32-19-17-27/h2-9,21,26H,10-19H2,1H3. The van der Waals surface area contributed by atoms with E-state index in [1.165, 1.54) is 18.6 Å². The third-order valence-corrected chi connectivity index (χ3v) is 8.04. The highest BCUT2D eigenvalue weighted by molar-refractivity contribution is 7.92. The van der Waals surface area contributed by atoms with E-state index in [-0.39, 0.29) is 10.8 Å². The molecular formula is C25H33N3O4S. The van der Waals surface area contributed by atoms with Gasteiger partial charge in [0.2, 0.25) is 0 Å². The highest BCUT2D eigenvalue weighted by Gasteiger charge is 2.25. The minimum atomic E-state index is -3.71. The molecule has 0 unspecified atom stereocenters. The van der Waals surface area contributed by atoms with Crippen molar-refractivity contribution in [3.8, 4) is 0 Å². The van der Waals surface area contributed by atoms with Crippen LogP contribution in [0, 0.1) is 12.8 Å². The Balaban J connectivity index is 1.30. The number of hydrogen-bond donors (Lipinski definition) is 1. The Morgan fingerprint density at radius 2 is 1.67 bits per heavy atom. The maximum absolute atomic E-state index is 12.9. The molecule has 4 rings (SSSR count). The molecule has 1 N–H and O–H groups in total. The van der Waals surface area contributed by atoms with Crippen LogP contribution in [-0.2, 0) is 14.8 Å². The molecule has 0 aliphatic carbocycles. The van der Waals surface area contributed by atoms with Crippen LogP contribution in [0.5, 0.6) is 0 Å². The summed E-state index contributed by atoms with van der Waals surface area (Å²) in [6.07, 6.45) is 3.20. The summed E-state index contributed by atoms with van der Waals surface area (Å²) in [4.78, 5) is 17.4. The number of sulfonamides is 1. The van der Waals surface area contributed by atoms with Crippen LogP contribution in [0.2, 0.25) is 0 Å². The summed E-state index contributed by atoms with van der Waals surface area (Å²) in [5.74, 6) is 0.620. The van der Waals surface area contributed by atoms with Crippen LogP contribution in [0.15, 0.2) is 53.4 Å². The molecule has 0 aromatic heterocycles. The van der Waals surface area contributed by atoms with Gasteiger partial charge in [0.05, 0.1) is 23.8 Å². The van der Waals surface area contributed by atoms with Crippen LogP contribution in [0.1, 0.15) is 35.2 Å². The minimum absolute atomic E-state index is 0.0301. The second-order valence-corrected chi connectivity index (χ2v) is 10.6. The van der Waals surface area contributed by atoms with Gasteiger partial charge in [-0.15, -0.1) is 0 Å². The fourth-order valence-corrected chi connectivity index (χ4v) is 5.60. The van der Waals surface area contributed by atoms with Crippen molar-refractivity contribution >= 4 is 21.6 Å². The number of likely N-dealkylation sites (tertiary alicyclic amines) is 1. The number of carbonyl (C=O) groups is 1. The zero-order valence-electron chi connectivity index (χ0n) is 19.2. The molecule has 2 aromatic carbocycles. The quantitative estimate of drug-likeness (QED) is 0.670. The number of piperidine rings is 1. The van der Waals surface area contributed by atoms with Crippen molar-refractivity contribution in [1.82, 2.24) is 9.80 Å². The number of morpholine rings is 1. The average molecular weight is 472 g/mol. The van der Waals surface area contributed by atoms with Crippen LogP contribution in [0.25, 0.3) is 0 Å². The molecule has 33 heavy (non-hydrogen) atoms. The number of hydrogen-bond acceptors (Lipinski definition) is 5. The normalized spacial score (nSPS) is 18.3. The molecule has 1 amide bonds. The van der Waals surface area contributed by atoms with Crippen LogP contribution < -0.4 is 4.72 Å². The van der Waals surface area contributed by atoms with E-state index in [1.54, 1.807) is 24.3 Å². The lowest BCUT2D eigenvalue weighted by molar-refractivity contribution is 0.0332. The molecule has 0 radical (unpaired) electrons. The lowest BCUT2D eigenvalue weighted by atomic mass is 9.93. The lowest BCUT2D eigenvalue weighted by Crippen LogP contribution is -2.40. The fourth-order valence-electron chi connectivity index (χ4n) is 4.46. The first-order valence-electron chi connectivity index (χ1n) is 11.7. The van der Waals surface area contributed by atoms with E-state index in [9.17, 15) is 13.2 Å². The van der Waals surface area contributed by atoms with Gasteiger partial charge in [-0.1, -0.05) is 18.2 Å². The molecule has 2 aliphatic rings. The van der Waals surface area contributed by atoms with Crippen molar-refractivity contribution in [2.24, 2.45) is 5.92 Å². The predicted octanol–water partition coefficient (Wildman–Crippen LogP) is 3.37. The van der Waals surface area contributed by atoms with Crippen molar-refractivity contribution in [1.29, 1.82) is 0 Å². The van der Waals surface area contributed by atoms with Crippen molar-refractivity contribution < 1.29 is 17.9 Å². The summed E-state index contributed by atoms with van der Waals surface area (Å²) < 4.78 is 33.5. The van der Waals surface area contributed by atoms with E-state index in [4.69, 9.17) is 4.74 Å². The minimum Gasteiger partial charge on any atom is -0.379 e. The Kier molecular flexibility index (Phi) is 7.67. The van der Waals surface area contributed by atoms with E-state index in [0.717, 1.165) is 64.3 Å². The summed E-state index contributed by atoms with van der Waals surface area (Å²) in [6, 6.07) is 13.5. The van der Waals surface area contributed by atoms with Crippen LogP contribution in [-0.4, -0.2) is 70.1 Å². The fraction of sp³-hybridized carbons (Fsp3) is 0.480. The average Bonchev–Trinajstić information content (AvgIpc) is 2.85. The van der Waals surface area contributed by atoms with Crippen LogP contribution in [0.3, 0.4) is 0 Å². The monoisotopic (exact) mass is 471 g/mol. The number of aryl methyl sites for hydroxylation is 1. The first-order chi connectivity index (χ1) is 15.9. The molecule has 0 atom stereocenters. The molecule has 8 heteroatoms. The van der Waals surface area contributed by atoms with E-state index >= 15 is 0 Å². The Bertz CT molecular complexity index is 1040. The van der Waals surface area contributed by atoms with Crippen molar-refractivity contribution in [3.05, 3.63) is 59.7 Å². The number of para-hydroxylation sites is 1. The molecule has 178 valence electrons. The topological polar surface area (TPSA) is 79.0 Å². The second kappa shape index (κ2) is 10.7. The molecule has 2 fully saturated rings. The summed E-state index contributed by atoms with van der Waals surface area (Å²) in [7, 11) is -3.71. The van der Waals surface area contributed by atoms with Crippen molar-refractivity contribution in [2.45, 2.75) is 31.1 Å². The van der Waals surface area contributed by atoms with E-state index in [0.29, 0.717) is 17.2 Å². The zero-order valence-corrected chi connectivity index (χ0v) is 20.0. The number of benzene rings is 2. The number of rotatable bonds is 7. The Morgan fingerprint density at radius 1 is 1.00 bits per heavy atom. The Morgan fingerprint density at radius 3 is 2.33 bits per heavy atom. The first-order valence-corrected chi connectivity index (χ1v) is 13.2. The van der Waals surface area contributed by atoms with Gasteiger partial charge in [-0.3, -0.25) is 14.4 Å². The molecule has 2 saturated heterocycles. The molecule has 7 nitrogen and oxygen atoms in total. The lowest BCUT2D eigenvalue weighted by Gasteiger charge is -2.34. The third-order valence-electron chi connectivity index (χ3n) is 6.66. The van der Waals surface area contributed by atoms with Crippen LogP contribution >= 0.6 is 0 Å². The van der Waals surface area contributed by atoms with Gasteiger partial charge in [-0.25, -0.2) is 8.42 Å². The zero-order chi connectivity index (χ0) is 23.3. The summed E-state index contributed by atoms with van der Waals surface area (Å²) in [5.41, 5.74) is 1.92. The van der Waals surface area contributed by atoms with Gasteiger partial charge in [0.1, 0.15) is 0 Å². The Hall–Kier alpha value is -2.42. The van der Waals surface area contributed by atoms with Gasteiger partial charge in [-0.05, 0) is 74.5 Å². The molecule has 2 aromatic rings. The number of ether oxygens (including phenoxy) is 1. The smallest absolute Gasteiger partial charge is 0.261 e. The molecular weight excluding hydrogens is 438 g/mol. The van der Waals surface area contributed by atoms with Crippen LogP contribution in [0.4, 0.5) is 5.69 Å². The molecule has 0 saturated carbocycles. The van der Waals surface area contributed by atoms with Crippen molar-refractivity contribution in [2.75, 3.05) is 50.7 Å². The van der Waals surface area contributed by atoms with Gasteiger partial charge in [0.15, 0.2) is 0 Å². The second-order valence-electron chi connectivity index (χ2n) is 8.92. The molecule has 0 bridgehead atoms. The number of amides is 1. The largest absolute Gasteiger partial charge is 0.379 e. The Labute approximate surface area is 196 Å². The van der Waals surface area contributed by atoms with Gasteiger partial charge in [0, 0.05) is 31.7 Å². The van der Waals surface area contributed by atoms with Gasteiger partial charge >= 0.3 is 0 Å². The van der Waals surface area contributed by atoms with E-state index in [2.05, 4.69) is 9.62 Å².